The van der Waals surface area contributed by atoms with Crippen LogP contribution in [0, 0.1) is 0 Å². The van der Waals surface area contributed by atoms with E-state index >= 15 is 0 Å². The number of sulfonamides is 1. The van der Waals surface area contributed by atoms with Crippen molar-refractivity contribution in [3.8, 4) is 0 Å². The highest BCUT2D eigenvalue weighted by atomic mass is 79.9. The highest BCUT2D eigenvalue weighted by Gasteiger charge is 2.11. The van der Waals surface area contributed by atoms with Crippen LogP contribution in [0.3, 0.4) is 0 Å². The number of pyridine rings is 1. The third kappa shape index (κ3) is 3.73. The second kappa shape index (κ2) is 4.37. The predicted molar refractivity (Wildman–Crippen MR) is 58.3 cm³/mol. The van der Waals surface area contributed by atoms with Crippen LogP contribution in [0.25, 0.3) is 0 Å². The normalized spacial score (nSPS) is 13.9. The van der Waals surface area contributed by atoms with Gasteiger partial charge in [0.05, 0.1) is 18.0 Å². The second-order valence-electron chi connectivity index (χ2n) is 3.01. The maximum Gasteiger partial charge on any atom is 0.209 e. The molecule has 0 aromatic carbocycles. The molecule has 0 radical (unpaired) electrons. The van der Waals surface area contributed by atoms with Crippen molar-refractivity contribution in [2.45, 2.75) is 13.0 Å². The van der Waals surface area contributed by atoms with Crippen molar-refractivity contribution >= 4 is 26.0 Å². The molecule has 0 saturated carbocycles. The van der Waals surface area contributed by atoms with Gasteiger partial charge in [-0.3, -0.25) is 4.98 Å². The summed E-state index contributed by atoms with van der Waals surface area (Å²) in [4.78, 5) is 4.09. The number of hydrogen-bond acceptors (Lipinski definition) is 3. The Morgan fingerprint density at radius 2 is 2.14 bits per heavy atom. The Morgan fingerprint density at radius 3 is 2.57 bits per heavy atom. The fraction of sp³-hybridized carbons (Fsp3) is 0.375. The van der Waals surface area contributed by atoms with Crippen molar-refractivity contribution in [2.75, 3.05) is 6.26 Å². The van der Waals surface area contributed by atoms with Gasteiger partial charge in [-0.2, -0.15) is 0 Å². The first-order valence-electron chi connectivity index (χ1n) is 3.97. The highest BCUT2D eigenvalue weighted by molar-refractivity contribution is 9.10. The van der Waals surface area contributed by atoms with Crippen LogP contribution in [0.15, 0.2) is 22.8 Å². The zero-order valence-corrected chi connectivity index (χ0v) is 10.3. The van der Waals surface area contributed by atoms with E-state index in [4.69, 9.17) is 0 Å². The SMILES string of the molecule is C[C@@H](NS(C)(=O)=O)c1ccc(Br)cn1. The molecule has 1 aromatic rings. The van der Waals surface area contributed by atoms with Gasteiger partial charge in [0.2, 0.25) is 10.0 Å². The molecule has 0 fully saturated rings. The van der Waals surface area contributed by atoms with E-state index in [1.54, 1.807) is 19.2 Å². The standard InChI is InChI=1S/C8H11BrN2O2S/c1-6(11-14(2,12)13)8-4-3-7(9)5-10-8/h3-6,11H,1-2H3/t6-/m1/s1. The van der Waals surface area contributed by atoms with Gasteiger partial charge < -0.3 is 0 Å². The van der Waals surface area contributed by atoms with Crippen LogP contribution in [0.5, 0.6) is 0 Å². The van der Waals surface area contributed by atoms with Crippen LogP contribution >= 0.6 is 15.9 Å². The molecular weight excluding hydrogens is 268 g/mol. The summed E-state index contributed by atoms with van der Waals surface area (Å²) in [6.45, 7) is 1.75. The number of nitrogens with zero attached hydrogens (tertiary/aromatic N) is 1. The molecule has 1 N–H and O–H groups in total. The molecule has 0 amide bonds. The number of nitrogens with one attached hydrogen (secondary N) is 1. The molecule has 1 aromatic heterocycles. The van der Waals surface area contributed by atoms with Crippen LogP contribution in [0.2, 0.25) is 0 Å². The average Bonchev–Trinajstić information content (AvgIpc) is 2.02. The summed E-state index contributed by atoms with van der Waals surface area (Å²) in [6, 6.07) is 3.29. The Balaban J connectivity index is 2.80. The Bertz CT molecular complexity index is 402. The summed E-state index contributed by atoms with van der Waals surface area (Å²) in [5, 5.41) is 0. The minimum Gasteiger partial charge on any atom is -0.258 e. The van der Waals surface area contributed by atoms with E-state index in [1.165, 1.54) is 0 Å². The first kappa shape index (κ1) is 11.6. The average molecular weight is 279 g/mol. The minimum atomic E-state index is -3.18. The van der Waals surface area contributed by atoms with Gasteiger partial charge in [-0.05, 0) is 35.0 Å². The molecule has 1 heterocycles. The van der Waals surface area contributed by atoms with Crippen LogP contribution in [0.4, 0.5) is 0 Å². The lowest BCUT2D eigenvalue weighted by Gasteiger charge is -2.10. The Morgan fingerprint density at radius 1 is 1.50 bits per heavy atom. The summed E-state index contributed by atoms with van der Waals surface area (Å²) in [6.07, 6.45) is 2.76. The summed E-state index contributed by atoms with van der Waals surface area (Å²) >= 11 is 3.25. The van der Waals surface area contributed by atoms with Crippen molar-refractivity contribution in [2.24, 2.45) is 0 Å². The van der Waals surface area contributed by atoms with E-state index in [2.05, 4.69) is 25.6 Å². The van der Waals surface area contributed by atoms with Gasteiger partial charge in [0, 0.05) is 10.7 Å². The van der Waals surface area contributed by atoms with Crippen molar-refractivity contribution in [3.05, 3.63) is 28.5 Å². The van der Waals surface area contributed by atoms with Gasteiger partial charge in [-0.15, -0.1) is 0 Å². The van der Waals surface area contributed by atoms with E-state index in [1.807, 2.05) is 6.07 Å². The number of rotatable bonds is 3. The Hall–Kier alpha value is -0.460. The van der Waals surface area contributed by atoms with Gasteiger partial charge in [0.25, 0.3) is 0 Å². The third-order valence-electron chi connectivity index (χ3n) is 1.58. The predicted octanol–water partition coefficient (Wildman–Crippen LogP) is 1.45. The van der Waals surface area contributed by atoms with Gasteiger partial charge in [0.1, 0.15) is 0 Å². The summed E-state index contributed by atoms with van der Waals surface area (Å²) in [7, 11) is -3.18. The highest BCUT2D eigenvalue weighted by Crippen LogP contribution is 2.13. The second-order valence-corrected chi connectivity index (χ2v) is 5.71. The van der Waals surface area contributed by atoms with Gasteiger partial charge >= 0.3 is 0 Å². The molecule has 0 aliphatic carbocycles. The monoisotopic (exact) mass is 278 g/mol. The first-order valence-corrected chi connectivity index (χ1v) is 6.65. The van der Waals surface area contributed by atoms with Gasteiger partial charge in [0.15, 0.2) is 0 Å². The number of hydrogen-bond donors (Lipinski definition) is 1. The molecular formula is C8H11BrN2O2S. The lowest BCUT2D eigenvalue weighted by atomic mass is 10.2. The van der Waals surface area contributed by atoms with Crippen molar-refractivity contribution < 1.29 is 8.42 Å². The van der Waals surface area contributed by atoms with Crippen molar-refractivity contribution in [1.82, 2.24) is 9.71 Å². The maximum absolute atomic E-state index is 10.9. The van der Waals surface area contributed by atoms with Gasteiger partial charge in [-0.25, -0.2) is 13.1 Å². The van der Waals surface area contributed by atoms with Crippen molar-refractivity contribution in [3.63, 3.8) is 0 Å². The summed E-state index contributed by atoms with van der Waals surface area (Å²) < 4.78 is 25.2. The lowest BCUT2D eigenvalue weighted by Crippen LogP contribution is -2.25. The third-order valence-corrected chi connectivity index (χ3v) is 2.84. The Kier molecular flexibility index (Phi) is 3.63. The summed E-state index contributed by atoms with van der Waals surface area (Å²) in [5.41, 5.74) is 0.693. The number of aromatic nitrogens is 1. The molecule has 0 aliphatic rings. The van der Waals surface area contributed by atoms with E-state index in [0.29, 0.717) is 5.69 Å². The maximum atomic E-state index is 10.9. The van der Waals surface area contributed by atoms with E-state index in [9.17, 15) is 8.42 Å². The zero-order chi connectivity index (χ0) is 10.8. The van der Waals surface area contributed by atoms with Crippen LogP contribution in [-0.4, -0.2) is 19.7 Å². The van der Waals surface area contributed by atoms with E-state index in [0.717, 1.165) is 10.7 Å². The van der Waals surface area contributed by atoms with E-state index in [-0.39, 0.29) is 6.04 Å². The van der Waals surface area contributed by atoms with Crippen molar-refractivity contribution in [1.29, 1.82) is 0 Å². The molecule has 6 heteroatoms. The van der Waals surface area contributed by atoms with E-state index < -0.39 is 10.0 Å². The number of halogens is 1. The van der Waals surface area contributed by atoms with Gasteiger partial charge in [-0.1, -0.05) is 0 Å². The molecule has 4 nitrogen and oxygen atoms in total. The molecule has 0 spiro atoms. The smallest absolute Gasteiger partial charge is 0.209 e. The molecule has 0 bridgehead atoms. The van der Waals surface area contributed by atoms with Crippen LogP contribution in [-0.2, 0) is 10.0 Å². The molecule has 14 heavy (non-hydrogen) atoms. The molecule has 0 unspecified atom stereocenters. The lowest BCUT2D eigenvalue weighted by molar-refractivity contribution is 0.570. The molecule has 1 atom stereocenters. The van der Waals surface area contributed by atoms with Crippen LogP contribution in [0.1, 0.15) is 18.7 Å². The Labute approximate surface area is 91.9 Å². The molecule has 78 valence electrons. The fourth-order valence-corrected chi connectivity index (χ4v) is 2.02. The summed E-state index contributed by atoms with van der Waals surface area (Å²) in [5.74, 6) is 0. The topological polar surface area (TPSA) is 59.1 Å². The first-order chi connectivity index (χ1) is 6.38. The fourth-order valence-electron chi connectivity index (χ4n) is 1.02. The van der Waals surface area contributed by atoms with Crippen LogP contribution < -0.4 is 4.72 Å². The zero-order valence-electron chi connectivity index (χ0n) is 7.86. The molecule has 0 aliphatic heterocycles. The molecule has 0 saturated heterocycles. The minimum absolute atomic E-state index is 0.307. The molecule has 1 rings (SSSR count). The quantitative estimate of drug-likeness (QED) is 0.911. The largest absolute Gasteiger partial charge is 0.258 e.